The molecule has 6 nitrogen and oxygen atoms in total. The molecule has 1 saturated heterocycles. The van der Waals surface area contributed by atoms with Crippen LogP contribution in [0.25, 0.3) is 0 Å². The molecule has 2 aromatic carbocycles. The minimum atomic E-state index is -0.521. The summed E-state index contributed by atoms with van der Waals surface area (Å²) in [4.78, 5) is 4.61. The molecular weight excluding hydrogens is 378 g/mol. The van der Waals surface area contributed by atoms with Gasteiger partial charge in [-0.25, -0.2) is 0 Å². The molecule has 0 aromatic heterocycles. The van der Waals surface area contributed by atoms with Gasteiger partial charge in [-0.1, -0.05) is 30.3 Å². The molecule has 0 radical (unpaired) electrons. The zero-order valence-corrected chi connectivity index (χ0v) is 18.4. The lowest BCUT2D eigenvalue weighted by molar-refractivity contribution is 0.0501. The van der Waals surface area contributed by atoms with Crippen molar-refractivity contribution in [3.63, 3.8) is 0 Å². The number of aryl methyl sites for hydroxylation is 1. The Morgan fingerprint density at radius 1 is 1.03 bits per heavy atom. The lowest BCUT2D eigenvalue weighted by Crippen LogP contribution is -2.47. The van der Waals surface area contributed by atoms with E-state index in [1.165, 1.54) is 11.1 Å². The molecule has 2 N–H and O–H groups in total. The van der Waals surface area contributed by atoms with Crippen LogP contribution in [0.2, 0.25) is 0 Å². The second kappa shape index (κ2) is 11.3. The Hall–Kier alpha value is -2.12. The number of nitrogens with one attached hydrogen (secondary N) is 1. The average molecular weight is 414 g/mol. The number of hydrogen-bond donors (Lipinski definition) is 2. The van der Waals surface area contributed by atoms with Crippen molar-refractivity contribution in [2.45, 2.75) is 26.1 Å². The van der Waals surface area contributed by atoms with Gasteiger partial charge in [0.25, 0.3) is 0 Å². The second-order valence-electron chi connectivity index (χ2n) is 8.07. The highest BCUT2D eigenvalue weighted by atomic mass is 16.5. The summed E-state index contributed by atoms with van der Waals surface area (Å²) < 4.78 is 11.4. The first-order chi connectivity index (χ1) is 14.5. The van der Waals surface area contributed by atoms with Crippen LogP contribution >= 0.6 is 0 Å². The van der Waals surface area contributed by atoms with Crippen molar-refractivity contribution in [3.8, 4) is 11.5 Å². The van der Waals surface area contributed by atoms with Crippen LogP contribution in [0.15, 0.2) is 42.5 Å². The fraction of sp³-hybridized carbons (Fsp3) is 0.500. The molecule has 1 aliphatic heterocycles. The lowest BCUT2D eigenvalue weighted by Gasteiger charge is -2.33. The number of β-amino-alcohol motifs (C(OH)–C–C–N with tert-alkyl or cyclic N) is 1. The normalized spacial score (nSPS) is 16.4. The fourth-order valence-electron chi connectivity index (χ4n) is 3.65. The Bertz CT molecular complexity index is 791. The molecule has 1 fully saturated rings. The molecule has 0 amide bonds. The maximum Gasteiger partial charge on any atom is 0.127 e. The number of rotatable bonds is 10. The van der Waals surface area contributed by atoms with E-state index in [1.807, 2.05) is 18.2 Å². The summed E-state index contributed by atoms with van der Waals surface area (Å²) in [5, 5.41) is 14.0. The van der Waals surface area contributed by atoms with E-state index in [4.69, 9.17) is 9.47 Å². The van der Waals surface area contributed by atoms with Gasteiger partial charge in [-0.3, -0.25) is 4.90 Å². The van der Waals surface area contributed by atoms with Gasteiger partial charge < -0.3 is 24.8 Å². The number of aliphatic hydroxyl groups excluding tert-OH is 1. The number of methoxy groups -OCH3 is 1. The van der Waals surface area contributed by atoms with Crippen molar-refractivity contribution < 1.29 is 14.6 Å². The third-order valence-electron chi connectivity index (χ3n) is 5.66. The number of benzene rings is 2. The quantitative estimate of drug-likeness (QED) is 0.623. The van der Waals surface area contributed by atoms with E-state index in [-0.39, 0.29) is 6.61 Å². The minimum Gasteiger partial charge on any atom is -0.497 e. The first-order valence-corrected chi connectivity index (χ1v) is 10.7. The molecule has 1 unspecified atom stereocenters. The predicted octanol–water partition coefficient (Wildman–Crippen LogP) is 2.28. The summed E-state index contributed by atoms with van der Waals surface area (Å²) in [6, 6.07) is 14.2. The number of likely N-dealkylation sites (N-methyl/N-ethyl adjacent to an activating group) is 1. The van der Waals surface area contributed by atoms with Gasteiger partial charge in [-0.2, -0.15) is 0 Å². The van der Waals surface area contributed by atoms with E-state index < -0.39 is 6.10 Å². The first kappa shape index (κ1) is 22.6. The smallest absolute Gasteiger partial charge is 0.127 e. The summed E-state index contributed by atoms with van der Waals surface area (Å²) in [5.41, 5.74) is 3.62. The fourth-order valence-corrected chi connectivity index (χ4v) is 3.65. The summed E-state index contributed by atoms with van der Waals surface area (Å²) in [6.45, 7) is 8.57. The highest BCUT2D eigenvalue weighted by Gasteiger charge is 2.18. The molecule has 1 atom stereocenters. The van der Waals surface area contributed by atoms with E-state index in [1.54, 1.807) is 7.11 Å². The molecule has 6 heteroatoms. The van der Waals surface area contributed by atoms with Crippen LogP contribution in [-0.4, -0.2) is 74.5 Å². The number of ether oxygens (including phenoxy) is 2. The van der Waals surface area contributed by atoms with E-state index in [0.717, 1.165) is 49.8 Å². The van der Waals surface area contributed by atoms with Crippen molar-refractivity contribution in [1.29, 1.82) is 0 Å². The van der Waals surface area contributed by atoms with Crippen molar-refractivity contribution in [1.82, 2.24) is 15.1 Å². The van der Waals surface area contributed by atoms with E-state index in [2.05, 4.69) is 53.4 Å². The Morgan fingerprint density at radius 2 is 1.77 bits per heavy atom. The highest BCUT2D eigenvalue weighted by molar-refractivity contribution is 5.41. The van der Waals surface area contributed by atoms with Crippen molar-refractivity contribution >= 4 is 0 Å². The summed E-state index contributed by atoms with van der Waals surface area (Å²) >= 11 is 0. The zero-order chi connectivity index (χ0) is 21.3. The number of piperazine rings is 1. The molecular formula is C24H35N3O3. The van der Waals surface area contributed by atoms with Crippen LogP contribution in [0.3, 0.4) is 0 Å². The molecule has 3 rings (SSSR count). The molecule has 2 aromatic rings. The number of nitrogens with zero attached hydrogens (tertiary/aromatic N) is 2. The highest BCUT2D eigenvalue weighted by Crippen LogP contribution is 2.25. The molecule has 0 bridgehead atoms. The van der Waals surface area contributed by atoms with Gasteiger partial charge in [0.1, 0.15) is 24.2 Å². The molecule has 0 aliphatic carbocycles. The Balaban J connectivity index is 1.54. The summed E-state index contributed by atoms with van der Waals surface area (Å²) in [6.07, 6.45) is -0.521. The van der Waals surface area contributed by atoms with Crippen LogP contribution < -0.4 is 14.8 Å². The topological polar surface area (TPSA) is 57.2 Å². The van der Waals surface area contributed by atoms with E-state index >= 15 is 0 Å². The van der Waals surface area contributed by atoms with Gasteiger partial charge in [-0.05, 0) is 31.2 Å². The van der Waals surface area contributed by atoms with Crippen molar-refractivity contribution in [2.24, 2.45) is 0 Å². The summed E-state index contributed by atoms with van der Waals surface area (Å²) in [5.74, 6) is 1.50. The Morgan fingerprint density at radius 3 is 2.50 bits per heavy atom. The predicted molar refractivity (Wildman–Crippen MR) is 120 cm³/mol. The molecule has 164 valence electrons. The van der Waals surface area contributed by atoms with E-state index in [9.17, 15) is 5.11 Å². The Labute approximate surface area is 180 Å². The van der Waals surface area contributed by atoms with Gasteiger partial charge in [0.05, 0.1) is 7.11 Å². The number of hydrogen-bond acceptors (Lipinski definition) is 6. The standard InChI is InChI=1S/C24H35N3O3/c1-19-6-4-5-7-20(19)15-25-16-21-8-9-23(29-3)14-24(21)30-18-22(28)17-27-12-10-26(2)11-13-27/h4-9,14,22,25,28H,10-13,15-18H2,1-3H3. The van der Waals surface area contributed by atoms with Crippen molar-refractivity contribution in [2.75, 3.05) is 53.5 Å². The molecule has 0 spiro atoms. The van der Waals surface area contributed by atoms with Crippen LogP contribution in [0.4, 0.5) is 0 Å². The maximum atomic E-state index is 10.5. The van der Waals surface area contributed by atoms with Crippen LogP contribution in [0, 0.1) is 6.92 Å². The summed E-state index contributed by atoms with van der Waals surface area (Å²) in [7, 11) is 3.78. The number of aliphatic hydroxyl groups is 1. The lowest BCUT2D eigenvalue weighted by atomic mass is 10.1. The maximum absolute atomic E-state index is 10.5. The third-order valence-corrected chi connectivity index (χ3v) is 5.66. The van der Waals surface area contributed by atoms with Gasteiger partial charge in [0, 0.05) is 57.4 Å². The SMILES string of the molecule is COc1ccc(CNCc2ccccc2C)c(OCC(O)CN2CCN(C)CC2)c1. The second-order valence-corrected chi connectivity index (χ2v) is 8.07. The largest absolute Gasteiger partial charge is 0.497 e. The first-order valence-electron chi connectivity index (χ1n) is 10.7. The van der Waals surface area contributed by atoms with Gasteiger partial charge in [-0.15, -0.1) is 0 Å². The zero-order valence-electron chi connectivity index (χ0n) is 18.4. The van der Waals surface area contributed by atoms with Gasteiger partial charge in [0.15, 0.2) is 0 Å². The third kappa shape index (κ3) is 6.71. The monoisotopic (exact) mass is 413 g/mol. The molecule has 0 saturated carbocycles. The molecule has 1 aliphatic rings. The van der Waals surface area contributed by atoms with E-state index in [0.29, 0.717) is 13.1 Å². The van der Waals surface area contributed by atoms with Crippen LogP contribution in [-0.2, 0) is 13.1 Å². The molecule has 30 heavy (non-hydrogen) atoms. The molecule has 1 heterocycles. The Kier molecular flexibility index (Phi) is 8.51. The van der Waals surface area contributed by atoms with Crippen LogP contribution in [0.5, 0.6) is 11.5 Å². The van der Waals surface area contributed by atoms with Gasteiger partial charge in [0.2, 0.25) is 0 Å². The van der Waals surface area contributed by atoms with Gasteiger partial charge >= 0.3 is 0 Å². The minimum absolute atomic E-state index is 0.268. The van der Waals surface area contributed by atoms with Crippen LogP contribution in [0.1, 0.15) is 16.7 Å². The van der Waals surface area contributed by atoms with Crippen molar-refractivity contribution in [3.05, 3.63) is 59.2 Å². The average Bonchev–Trinajstić information content (AvgIpc) is 2.76.